The predicted octanol–water partition coefficient (Wildman–Crippen LogP) is 0.243. The van der Waals surface area contributed by atoms with Gasteiger partial charge in [0.2, 0.25) is 0 Å². The van der Waals surface area contributed by atoms with Crippen LogP contribution in [-0.4, -0.2) is 22.9 Å². The number of rotatable bonds is 1. The van der Waals surface area contributed by atoms with Crippen LogP contribution in [0.2, 0.25) is 0 Å². The Labute approximate surface area is 70.8 Å². The number of carbonyl (C=O) groups excluding carboxylic acids is 1. The van der Waals surface area contributed by atoms with E-state index in [1.807, 2.05) is 14.0 Å². The molecule has 0 atom stereocenters. The summed E-state index contributed by atoms with van der Waals surface area (Å²) >= 11 is 0. The quantitative estimate of drug-likeness (QED) is 0.653. The van der Waals surface area contributed by atoms with E-state index >= 15 is 0 Å². The number of primary amides is 1. The topological polar surface area (TPSA) is 64.2 Å². The fraction of sp³-hybridized carbons (Fsp3) is 0.429. The van der Waals surface area contributed by atoms with Crippen LogP contribution in [0.4, 0.5) is 10.6 Å². The lowest BCUT2D eigenvalue weighted by molar-refractivity contribution is 0.255. The summed E-state index contributed by atoms with van der Waals surface area (Å²) < 4.78 is 1.69. The van der Waals surface area contributed by atoms with E-state index in [-0.39, 0.29) is 0 Å². The van der Waals surface area contributed by atoms with E-state index in [0.717, 1.165) is 5.69 Å². The smallest absolute Gasteiger partial charge is 0.320 e. The van der Waals surface area contributed by atoms with E-state index in [9.17, 15) is 4.79 Å². The maximum atomic E-state index is 10.7. The Hall–Kier alpha value is -1.52. The minimum atomic E-state index is -0.506. The molecule has 12 heavy (non-hydrogen) atoms. The van der Waals surface area contributed by atoms with Gasteiger partial charge in [-0.05, 0) is 6.92 Å². The molecule has 0 aromatic carbocycles. The van der Waals surface area contributed by atoms with Gasteiger partial charge in [0.15, 0.2) is 5.82 Å². The summed E-state index contributed by atoms with van der Waals surface area (Å²) in [5.41, 5.74) is 6.05. The third-order valence-corrected chi connectivity index (χ3v) is 1.78. The van der Waals surface area contributed by atoms with Gasteiger partial charge in [-0.15, -0.1) is 0 Å². The average Bonchev–Trinajstić information content (AvgIpc) is 2.30. The van der Waals surface area contributed by atoms with Gasteiger partial charge in [-0.3, -0.25) is 9.58 Å². The normalized spacial score (nSPS) is 9.92. The molecule has 5 heteroatoms. The summed E-state index contributed by atoms with van der Waals surface area (Å²) in [6.07, 6.45) is 0. The third kappa shape index (κ3) is 1.39. The molecule has 1 aromatic rings. The highest BCUT2D eigenvalue weighted by atomic mass is 16.2. The molecule has 0 fully saturated rings. The molecule has 0 aliphatic carbocycles. The van der Waals surface area contributed by atoms with E-state index < -0.39 is 6.03 Å². The van der Waals surface area contributed by atoms with Crippen molar-refractivity contribution < 1.29 is 4.79 Å². The molecule has 1 rings (SSSR count). The van der Waals surface area contributed by atoms with Crippen LogP contribution in [0.3, 0.4) is 0 Å². The zero-order valence-corrected chi connectivity index (χ0v) is 7.40. The fourth-order valence-electron chi connectivity index (χ4n) is 0.818. The molecule has 66 valence electrons. The van der Waals surface area contributed by atoms with Crippen LogP contribution < -0.4 is 10.6 Å². The molecule has 0 aliphatic heterocycles. The van der Waals surface area contributed by atoms with Crippen LogP contribution >= 0.6 is 0 Å². The van der Waals surface area contributed by atoms with E-state index in [2.05, 4.69) is 5.10 Å². The summed E-state index contributed by atoms with van der Waals surface area (Å²) in [5, 5.41) is 4.07. The van der Waals surface area contributed by atoms with Gasteiger partial charge in [0.25, 0.3) is 0 Å². The SMILES string of the molecule is Cc1cc(N(C)C(N)=O)nn1C. The number of aryl methyl sites for hydroxylation is 2. The molecule has 0 bridgehead atoms. The molecule has 1 aromatic heterocycles. The number of hydrogen-bond acceptors (Lipinski definition) is 2. The van der Waals surface area contributed by atoms with Gasteiger partial charge in [-0.25, -0.2) is 4.79 Å². The Morgan fingerprint density at radius 2 is 2.33 bits per heavy atom. The Kier molecular flexibility index (Phi) is 2.03. The highest BCUT2D eigenvalue weighted by molar-refractivity contribution is 5.88. The molecule has 0 spiro atoms. The highest BCUT2D eigenvalue weighted by Gasteiger charge is 2.09. The first kappa shape index (κ1) is 8.58. The molecular formula is C7H12N4O. The van der Waals surface area contributed by atoms with Gasteiger partial charge < -0.3 is 5.73 Å². The van der Waals surface area contributed by atoms with Crippen LogP contribution in [0.25, 0.3) is 0 Å². The van der Waals surface area contributed by atoms with Gasteiger partial charge in [-0.2, -0.15) is 5.10 Å². The van der Waals surface area contributed by atoms with Crippen LogP contribution in [0.15, 0.2) is 6.07 Å². The molecule has 0 saturated carbocycles. The zero-order chi connectivity index (χ0) is 9.30. The summed E-state index contributed by atoms with van der Waals surface area (Å²) in [7, 11) is 3.40. The second kappa shape index (κ2) is 2.84. The standard InChI is InChI=1S/C7H12N4O/c1-5-4-6(9-11(5)3)10(2)7(8)12/h4H,1-3H3,(H2,8,12). The van der Waals surface area contributed by atoms with Crippen molar-refractivity contribution in [2.45, 2.75) is 6.92 Å². The Balaban J connectivity index is 2.96. The second-order valence-electron chi connectivity index (χ2n) is 2.66. The van der Waals surface area contributed by atoms with Crippen molar-refractivity contribution >= 4 is 11.8 Å². The summed E-state index contributed by atoms with van der Waals surface area (Å²) in [4.78, 5) is 12.0. The minimum Gasteiger partial charge on any atom is -0.351 e. The van der Waals surface area contributed by atoms with Crippen molar-refractivity contribution in [1.29, 1.82) is 0 Å². The molecule has 5 nitrogen and oxygen atoms in total. The molecule has 2 amide bonds. The number of urea groups is 1. The van der Waals surface area contributed by atoms with Crippen molar-refractivity contribution in [3.8, 4) is 0 Å². The maximum Gasteiger partial charge on any atom is 0.320 e. The van der Waals surface area contributed by atoms with E-state index in [1.165, 1.54) is 4.90 Å². The number of hydrogen-bond donors (Lipinski definition) is 1. The Bertz CT molecular complexity index is 285. The van der Waals surface area contributed by atoms with Gasteiger partial charge in [0.1, 0.15) is 0 Å². The molecule has 1 heterocycles. The zero-order valence-electron chi connectivity index (χ0n) is 7.40. The lowest BCUT2D eigenvalue weighted by Crippen LogP contribution is -2.32. The number of carbonyl (C=O) groups is 1. The lowest BCUT2D eigenvalue weighted by atomic mass is 10.4. The van der Waals surface area contributed by atoms with Crippen LogP contribution in [-0.2, 0) is 7.05 Å². The number of nitrogens with two attached hydrogens (primary N) is 1. The van der Waals surface area contributed by atoms with Gasteiger partial charge in [0.05, 0.1) is 0 Å². The molecule has 0 radical (unpaired) electrons. The van der Waals surface area contributed by atoms with Crippen LogP contribution in [0.5, 0.6) is 0 Å². The summed E-state index contributed by atoms with van der Waals surface area (Å²) in [6, 6.07) is 1.29. The fourth-order valence-corrected chi connectivity index (χ4v) is 0.818. The maximum absolute atomic E-state index is 10.7. The minimum absolute atomic E-state index is 0.506. The molecular weight excluding hydrogens is 156 g/mol. The first-order valence-electron chi connectivity index (χ1n) is 3.56. The van der Waals surface area contributed by atoms with Gasteiger partial charge in [-0.1, -0.05) is 0 Å². The third-order valence-electron chi connectivity index (χ3n) is 1.78. The first-order valence-corrected chi connectivity index (χ1v) is 3.56. The Morgan fingerprint density at radius 1 is 1.75 bits per heavy atom. The average molecular weight is 168 g/mol. The van der Waals surface area contributed by atoms with E-state index in [1.54, 1.807) is 17.8 Å². The monoisotopic (exact) mass is 168 g/mol. The van der Waals surface area contributed by atoms with Crippen molar-refractivity contribution in [1.82, 2.24) is 9.78 Å². The van der Waals surface area contributed by atoms with Crippen molar-refractivity contribution in [3.05, 3.63) is 11.8 Å². The van der Waals surface area contributed by atoms with Crippen molar-refractivity contribution in [2.75, 3.05) is 11.9 Å². The molecule has 0 unspecified atom stereocenters. The van der Waals surface area contributed by atoms with Crippen LogP contribution in [0.1, 0.15) is 5.69 Å². The summed E-state index contributed by atoms with van der Waals surface area (Å²) in [5.74, 6) is 0.572. The van der Waals surface area contributed by atoms with Gasteiger partial charge >= 0.3 is 6.03 Å². The Morgan fingerprint density at radius 3 is 2.67 bits per heavy atom. The molecule has 2 N–H and O–H groups in total. The number of aromatic nitrogens is 2. The van der Waals surface area contributed by atoms with Crippen molar-refractivity contribution in [3.63, 3.8) is 0 Å². The van der Waals surface area contributed by atoms with Crippen molar-refractivity contribution in [2.24, 2.45) is 12.8 Å². The first-order chi connectivity index (χ1) is 5.52. The second-order valence-corrected chi connectivity index (χ2v) is 2.66. The highest BCUT2D eigenvalue weighted by Crippen LogP contribution is 2.10. The molecule has 0 saturated heterocycles. The van der Waals surface area contributed by atoms with Gasteiger partial charge in [0, 0.05) is 25.9 Å². The number of anilines is 1. The largest absolute Gasteiger partial charge is 0.351 e. The predicted molar refractivity (Wildman–Crippen MR) is 45.9 cm³/mol. The summed E-state index contributed by atoms with van der Waals surface area (Å²) in [6.45, 7) is 1.91. The van der Waals surface area contributed by atoms with E-state index in [0.29, 0.717) is 5.82 Å². The number of nitrogens with zero attached hydrogens (tertiary/aromatic N) is 3. The lowest BCUT2D eigenvalue weighted by Gasteiger charge is -2.08. The molecule has 0 aliphatic rings. The van der Waals surface area contributed by atoms with Crippen LogP contribution in [0, 0.1) is 6.92 Å². The number of amides is 2. The van der Waals surface area contributed by atoms with E-state index in [4.69, 9.17) is 5.73 Å².